The van der Waals surface area contributed by atoms with Gasteiger partial charge in [0.25, 0.3) is 0 Å². The molecule has 0 bridgehead atoms. The Morgan fingerprint density at radius 1 is 1.47 bits per heavy atom. The molecule has 1 aliphatic carbocycles. The normalized spacial score (nSPS) is 32.5. The lowest BCUT2D eigenvalue weighted by molar-refractivity contribution is 0.619. The van der Waals surface area contributed by atoms with Gasteiger partial charge >= 0.3 is 0 Å². The number of rotatable bonds is 2. The zero-order valence-corrected chi connectivity index (χ0v) is 8.76. The highest BCUT2D eigenvalue weighted by Crippen LogP contribution is 2.43. The van der Waals surface area contributed by atoms with Gasteiger partial charge in [-0.25, -0.2) is 9.37 Å². The summed E-state index contributed by atoms with van der Waals surface area (Å²) in [7, 11) is 0. The molecule has 3 rings (SSSR count). The number of anilines is 1. The van der Waals surface area contributed by atoms with Crippen LogP contribution in [0.25, 0.3) is 0 Å². The van der Waals surface area contributed by atoms with Gasteiger partial charge in [-0.3, -0.25) is 0 Å². The number of fused-ring (bicyclic) bond motifs is 1. The first kappa shape index (κ1) is 9.36. The van der Waals surface area contributed by atoms with E-state index in [1.165, 1.54) is 12.3 Å². The minimum atomic E-state index is -0.375. The summed E-state index contributed by atoms with van der Waals surface area (Å²) < 4.78 is 13.4. The Morgan fingerprint density at radius 3 is 2.87 bits per heavy atom. The minimum Gasteiger partial charge on any atom is -0.364 e. The average molecular weight is 228 g/mol. The largest absolute Gasteiger partial charge is 0.364 e. The van der Waals surface area contributed by atoms with Crippen molar-refractivity contribution in [2.75, 3.05) is 18.4 Å². The summed E-state index contributed by atoms with van der Waals surface area (Å²) in [6, 6.07) is 1.67. The lowest BCUT2D eigenvalue weighted by Gasteiger charge is -2.08. The molecule has 1 saturated heterocycles. The van der Waals surface area contributed by atoms with Crippen LogP contribution in [0.1, 0.15) is 0 Å². The van der Waals surface area contributed by atoms with Crippen molar-refractivity contribution in [2.45, 2.75) is 6.04 Å². The second-order valence-corrected chi connectivity index (χ2v) is 4.58. The first-order valence-electron chi connectivity index (χ1n) is 5.04. The van der Waals surface area contributed by atoms with Gasteiger partial charge in [-0.1, -0.05) is 11.6 Å². The molecule has 15 heavy (non-hydrogen) atoms. The Morgan fingerprint density at radius 2 is 2.20 bits per heavy atom. The van der Waals surface area contributed by atoms with Gasteiger partial charge in [-0.15, -0.1) is 0 Å². The third kappa shape index (κ3) is 1.58. The van der Waals surface area contributed by atoms with Gasteiger partial charge in [0.05, 0.1) is 5.02 Å². The number of aromatic nitrogens is 1. The fourth-order valence-corrected chi connectivity index (χ4v) is 2.46. The van der Waals surface area contributed by atoms with E-state index in [1.54, 1.807) is 0 Å². The summed E-state index contributed by atoms with van der Waals surface area (Å²) in [4.78, 5) is 3.95. The molecule has 0 aromatic carbocycles. The Bertz CT molecular complexity index is 388. The second kappa shape index (κ2) is 3.32. The lowest BCUT2D eigenvalue weighted by Crippen LogP contribution is -2.22. The van der Waals surface area contributed by atoms with E-state index in [0.29, 0.717) is 28.7 Å². The highest BCUT2D eigenvalue weighted by Gasteiger charge is 2.53. The number of pyridine rings is 1. The molecule has 5 heteroatoms. The van der Waals surface area contributed by atoms with Gasteiger partial charge in [0, 0.05) is 25.3 Å². The van der Waals surface area contributed by atoms with Crippen molar-refractivity contribution in [2.24, 2.45) is 11.8 Å². The molecule has 2 unspecified atom stereocenters. The molecule has 0 amide bonds. The molecule has 1 aromatic heterocycles. The van der Waals surface area contributed by atoms with E-state index in [1.807, 2.05) is 0 Å². The molecule has 2 fully saturated rings. The minimum absolute atomic E-state index is 0.318. The molecule has 1 saturated carbocycles. The Labute approximate surface area is 92.0 Å². The molecule has 2 aliphatic rings. The van der Waals surface area contributed by atoms with Gasteiger partial charge in [-0.05, 0) is 17.9 Å². The molecule has 1 aromatic rings. The van der Waals surface area contributed by atoms with Crippen molar-refractivity contribution in [3.05, 3.63) is 23.1 Å². The van der Waals surface area contributed by atoms with E-state index in [0.717, 1.165) is 13.1 Å². The van der Waals surface area contributed by atoms with Crippen LogP contribution in [0.5, 0.6) is 0 Å². The summed E-state index contributed by atoms with van der Waals surface area (Å²) >= 11 is 5.62. The average Bonchev–Trinajstić information content (AvgIpc) is 2.66. The molecule has 2 N–H and O–H groups in total. The first-order chi connectivity index (χ1) is 7.25. The Kier molecular flexibility index (Phi) is 2.07. The number of nitrogens with one attached hydrogen (secondary N) is 2. The van der Waals surface area contributed by atoms with Crippen LogP contribution in [-0.2, 0) is 0 Å². The molecular formula is C10H11ClFN3. The zero-order valence-electron chi connectivity index (χ0n) is 8.00. The second-order valence-electron chi connectivity index (χ2n) is 4.14. The Hall–Kier alpha value is -0.870. The molecule has 2 heterocycles. The van der Waals surface area contributed by atoms with Crippen molar-refractivity contribution >= 4 is 17.4 Å². The predicted molar refractivity (Wildman–Crippen MR) is 56.5 cm³/mol. The molecule has 1 aliphatic heterocycles. The monoisotopic (exact) mass is 227 g/mol. The summed E-state index contributed by atoms with van der Waals surface area (Å²) in [6.07, 6.45) is 1.46. The van der Waals surface area contributed by atoms with Crippen LogP contribution < -0.4 is 10.6 Å². The molecule has 0 spiro atoms. The van der Waals surface area contributed by atoms with E-state index >= 15 is 0 Å². The van der Waals surface area contributed by atoms with Gasteiger partial charge in [-0.2, -0.15) is 0 Å². The fourth-order valence-electron chi connectivity index (χ4n) is 2.31. The summed E-state index contributed by atoms with van der Waals surface area (Å²) in [5.41, 5.74) is 0. The predicted octanol–water partition coefficient (Wildman–Crippen LogP) is 1.50. The smallest absolute Gasteiger partial charge is 0.166 e. The van der Waals surface area contributed by atoms with Crippen molar-refractivity contribution in [3.8, 4) is 0 Å². The van der Waals surface area contributed by atoms with E-state index < -0.39 is 0 Å². The van der Waals surface area contributed by atoms with Gasteiger partial charge in [0.1, 0.15) is 0 Å². The summed E-state index contributed by atoms with van der Waals surface area (Å²) in [5.74, 6) is 1.22. The van der Waals surface area contributed by atoms with E-state index in [9.17, 15) is 4.39 Å². The Balaban J connectivity index is 1.72. The molecule has 80 valence electrons. The number of hydrogen-bond acceptors (Lipinski definition) is 3. The maximum absolute atomic E-state index is 13.4. The van der Waals surface area contributed by atoms with Crippen LogP contribution in [0, 0.1) is 17.7 Å². The third-order valence-electron chi connectivity index (χ3n) is 3.20. The first-order valence-corrected chi connectivity index (χ1v) is 5.42. The van der Waals surface area contributed by atoms with E-state index in [-0.39, 0.29) is 5.82 Å². The van der Waals surface area contributed by atoms with Gasteiger partial charge < -0.3 is 10.6 Å². The number of hydrogen-bond donors (Lipinski definition) is 2. The van der Waals surface area contributed by atoms with Gasteiger partial charge in [0.15, 0.2) is 11.6 Å². The third-order valence-corrected chi connectivity index (χ3v) is 3.41. The molecule has 2 atom stereocenters. The molecular weight excluding hydrogens is 217 g/mol. The fraction of sp³-hybridized carbons (Fsp3) is 0.500. The standard InChI is InChI=1S/C10H11ClFN3/c11-5-1-8(12)10(14-2-5)15-9-6-3-13-4-7(6)9/h1-2,6-7,9,13H,3-4H2,(H,14,15). The maximum atomic E-state index is 13.4. The topological polar surface area (TPSA) is 37.0 Å². The van der Waals surface area contributed by atoms with E-state index in [2.05, 4.69) is 15.6 Å². The zero-order chi connectivity index (χ0) is 10.4. The van der Waals surface area contributed by atoms with E-state index in [4.69, 9.17) is 11.6 Å². The SMILES string of the molecule is Fc1cc(Cl)cnc1NC1C2CNCC21. The van der Waals surface area contributed by atoms with Crippen LogP contribution in [0.4, 0.5) is 10.2 Å². The van der Waals surface area contributed by atoms with Crippen molar-refractivity contribution in [1.82, 2.24) is 10.3 Å². The van der Waals surface area contributed by atoms with Gasteiger partial charge in [0.2, 0.25) is 0 Å². The van der Waals surface area contributed by atoms with Crippen molar-refractivity contribution in [3.63, 3.8) is 0 Å². The van der Waals surface area contributed by atoms with Crippen molar-refractivity contribution < 1.29 is 4.39 Å². The number of halogens is 2. The van der Waals surface area contributed by atoms with Crippen LogP contribution in [0.2, 0.25) is 5.02 Å². The van der Waals surface area contributed by atoms with Crippen LogP contribution in [0.15, 0.2) is 12.3 Å². The molecule has 0 radical (unpaired) electrons. The molecule has 3 nitrogen and oxygen atoms in total. The highest BCUT2D eigenvalue weighted by molar-refractivity contribution is 6.30. The quantitative estimate of drug-likeness (QED) is 0.804. The lowest BCUT2D eigenvalue weighted by atomic mass is 10.4. The summed E-state index contributed by atoms with van der Waals surface area (Å²) in [6.45, 7) is 2.05. The maximum Gasteiger partial charge on any atom is 0.166 e. The summed E-state index contributed by atoms with van der Waals surface area (Å²) in [5, 5.41) is 6.74. The van der Waals surface area contributed by atoms with Crippen LogP contribution in [0.3, 0.4) is 0 Å². The van der Waals surface area contributed by atoms with Crippen LogP contribution >= 0.6 is 11.6 Å². The van der Waals surface area contributed by atoms with Crippen LogP contribution in [-0.4, -0.2) is 24.1 Å². The highest BCUT2D eigenvalue weighted by atomic mass is 35.5. The number of piperidine rings is 1. The number of nitrogens with zero attached hydrogens (tertiary/aromatic N) is 1. The van der Waals surface area contributed by atoms with Crippen molar-refractivity contribution in [1.29, 1.82) is 0 Å².